The van der Waals surface area contributed by atoms with E-state index < -0.39 is 0 Å². The zero-order valence-corrected chi connectivity index (χ0v) is 18.3. The molecule has 0 unspecified atom stereocenters. The van der Waals surface area contributed by atoms with Crippen LogP contribution in [0.1, 0.15) is 21.5 Å². The van der Waals surface area contributed by atoms with Crippen LogP contribution >= 0.6 is 23.2 Å². The Bertz CT molecular complexity index is 1190. The summed E-state index contributed by atoms with van der Waals surface area (Å²) < 4.78 is 22.3. The molecule has 0 fully saturated rings. The van der Waals surface area contributed by atoms with Gasteiger partial charge in [0, 0.05) is 27.2 Å². The van der Waals surface area contributed by atoms with Gasteiger partial charge in [-0.2, -0.15) is 0 Å². The standard InChI is InChI=1S/C24H18Cl2O5/c1-28-17-6-8-21(29-2)15(9-17)10-23-24(27)19-7-5-18(12-22(19)31-23)30-13-14-3-4-16(25)11-20(14)26/h3-12H,13H2,1-2H3/b23-10-. The van der Waals surface area contributed by atoms with Crippen molar-refractivity contribution >= 4 is 35.1 Å². The molecule has 0 N–H and O–H groups in total. The highest BCUT2D eigenvalue weighted by atomic mass is 35.5. The molecule has 4 rings (SSSR count). The molecule has 3 aromatic rings. The van der Waals surface area contributed by atoms with E-state index in [4.69, 9.17) is 42.1 Å². The third-order valence-electron chi connectivity index (χ3n) is 4.77. The van der Waals surface area contributed by atoms with Crippen LogP contribution in [0.4, 0.5) is 0 Å². The van der Waals surface area contributed by atoms with E-state index in [0.717, 1.165) is 5.56 Å². The third kappa shape index (κ3) is 4.48. The van der Waals surface area contributed by atoms with E-state index in [1.54, 1.807) is 74.9 Å². The van der Waals surface area contributed by atoms with E-state index in [2.05, 4.69) is 0 Å². The Hall–Kier alpha value is -3.15. The van der Waals surface area contributed by atoms with Gasteiger partial charge < -0.3 is 18.9 Å². The van der Waals surface area contributed by atoms with Crippen LogP contribution in [0.15, 0.2) is 60.4 Å². The maximum absolute atomic E-state index is 12.8. The first-order chi connectivity index (χ1) is 15.0. The van der Waals surface area contributed by atoms with E-state index in [1.165, 1.54) is 0 Å². The van der Waals surface area contributed by atoms with Crippen molar-refractivity contribution in [3.05, 3.63) is 87.1 Å². The molecule has 3 aromatic carbocycles. The first-order valence-corrected chi connectivity index (χ1v) is 10.1. The Kier molecular flexibility index (Phi) is 6.07. The fourth-order valence-corrected chi connectivity index (χ4v) is 3.61. The number of halogens is 2. The fourth-order valence-electron chi connectivity index (χ4n) is 3.15. The molecule has 0 saturated heterocycles. The summed E-state index contributed by atoms with van der Waals surface area (Å²) in [6, 6.07) is 15.6. The number of allylic oxidation sites excluding steroid dienone is 1. The summed E-state index contributed by atoms with van der Waals surface area (Å²) in [5.41, 5.74) is 1.94. The highest BCUT2D eigenvalue weighted by Crippen LogP contribution is 2.36. The average molecular weight is 457 g/mol. The molecule has 0 spiro atoms. The van der Waals surface area contributed by atoms with E-state index in [-0.39, 0.29) is 18.1 Å². The number of methoxy groups -OCH3 is 2. The van der Waals surface area contributed by atoms with E-state index in [0.29, 0.717) is 44.2 Å². The van der Waals surface area contributed by atoms with Crippen molar-refractivity contribution in [1.29, 1.82) is 0 Å². The Morgan fingerprint density at radius 2 is 1.74 bits per heavy atom. The predicted octanol–water partition coefficient (Wildman–Crippen LogP) is 6.21. The predicted molar refractivity (Wildman–Crippen MR) is 120 cm³/mol. The Balaban J connectivity index is 1.55. The van der Waals surface area contributed by atoms with Gasteiger partial charge in [-0.1, -0.05) is 29.3 Å². The SMILES string of the molecule is COc1ccc(OC)c(/C=C2\Oc3cc(OCc4ccc(Cl)cc4Cl)ccc3C2=O)c1. The first-order valence-electron chi connectivity index (χ1n) is 9.35. The molecule has 7 heteroatoms. The van der Waals surface area contributed by atoms with Crippen molar-refractivity contribution in [2.45, 2.75) is 6.61 Å². The lowest BCUT2D eigenvalue weighted by Crippen LogP contribution is -1.99. The number of hydrogen-bond donors (Lipinski definition) is 0. The molecule has 31 heavy (non-hydrogen) atoms. The van der Waals surface area contributed by atoms with Crippen LogP contribution in [0.3, 0.4) is 0 Å². The topological polar surface area (TPSA) is 54.0 Å². The second-order valence-electron chi connectivity index (χ2n) is 6.73. The van der Waals surface area contributed by atoms with Crippen LogP contribution in [0.2, 0.25) is 10.0 Å². The molecular formula is C24H18Cl2O5. The van der Waals surface area contributed by atoms with Gasteiger partial charge in [-0.3, -0.25) is 4.79 Å². The summed E-state index contributed by atoms with van der Waals surface area (Å²) in [6.07, 6.45) is 1.64. The van der Waals surface area contributed by atoms with Gasteiger partial charge in [0.1, 0.15) is 29.6 Å². The largest absolute Gasteiger partial charge is 0.497 e. The van der Waals surface area contributed by atoms with Crippen molar-refractivity contribution in [2.75, 3.05) is 14.2 Å². The second kappa shape index (κ2) is 8.92. The van der Waals surface area contributed by atoms with Crippen LogP contribution in [0.5, 0.6) is 23.0 Å². The molecule has 1 heterocycles. The third-order valence-corrected chi connectivity index (χ3v) is 5.36. The van der Waals surface area contributed by atoms with Gasteiger partial charge in [0.2, 0.25) is 5.78 Å². The molecule has 0 bridgehead atoms. The minimum Gasteiger partial charge on any atom is -0.497 e. The zero-order valence-electron chi connectivity index (χ0n) is 16.8. The molecule has 0 radical (unpaired) electrons. The number of Topliss-reactive ketones (excluding diaryl/α,β-unsaturated/α-hetero) is 1. The fraction of sp³-hybridized carbons (Fsp3) is 0.125. The lowest BCUT2D eigenvalue weighted by Gasteiger charge is -2.09. The molecule has 0 aromatic heterocycles. The van der Waals surface area contributed by atoms with Crippen molar-refractivity contribution in [1.82, 2.24) is 0 Å². The van der Waals surface area contributed by atoms with Crippen molar-refractivity contribution in [3.63, 3.8) is 0 Å². The van der Waals surface area contributed by atoms with E-state index >= 15 is 0 Å². The quantitative estimate of drug-likeness (QED) is 0.412. The molecule has 0 atom stereocenters. The number of carbonyl (C=O) groups excluding carboxylic acids is 1. The maximum atomic E-state index is 12.8. The number of carbonyl (C=O) groups is 1. The molecule has 0 saturated carbocycles. The number of hydrogen-bond acceptors (Lipinski definition) is 5. The molecule has 5 nitrogen and oxygen atoms in total. The number of rotatable bonds is 6. The zero-order chi connectivity index (χ0) is 22.0. The smallest absolute Gasteiger partial charge is 0.231 e. The van der Waals surface area contributed by atoms with E-state index in [1.807, 2.05) is 0 Å². The summed E-state index contributed by atoms with van der Waals surface area (Å²) in [5.74, 6) is 2.21. The Morgan fingerprint density at radius 1 is 0.935 bits per heavy atom. The lowest BCUT2D eigenvalue weighted by molar-refractivity contribution is 0.101. The first kappa shape index (κ1) is 21.1. The highest BCUT2D eigenvalue weighted by Gasteiger charge is 2.28. The van der Waals surface area contributed by atoms with Crippen LogP contribution in [-0.2, 0) is 6.61 Å². The number of ether oxygens (including phenoxy) is 4. The van der Waals surface area contributed by atoms with Crippen LogP contribution in [0.25, 0.3) is 6.08 Å². The number of ketones is 1. The van der Waals surface area contributed by atoms with Crippen LogP contribution < -0.4 is 18.9 Å². The molecule has 1 aliphatic heterocycles. The minimum atomic E-state index is -0.216. The average Bonchev–Trinajstić information content (AvgIpc) is 3.07. The van der Waals surface area contributed by atoms with Gasteiger partial charge >= 0.3 is 0 Å². The maximum Gasteiger partial charge on any atom is 0.231 e. The summed E-state index contributed by atoms with van der Waals surface area (Å²) in [5, 5.41) is 1.09. The summed E-state index contributed by atoms with van der Waals surface area (Å²) in [4.78, 5) is 12.8. The van der Waals surface area contributed by atoms with Crippen molar-refractivity contribution < 1.29 is 23.7 Å². The van der Waals surface area contributed by atoms with Crippen molar-refractivity contribution in [2.24, 2.45) is 0 Å². The van der Waals surface area contributed by atoms with E-state index in [9.17, 15) is 4.79 Å². The van der Waals surface area contributed by atoms with Crippen LogP contribution in [0, 0.1) is 0 Å². The Morgan fingerprint density at radius 3 is 2.48 bits per heavy atom. The van der Waals surface area contributed by atoms with Gasteiger partial charge in [0.25, 0.3) is 0 Å². The highest BCUT2D eigenvalue weighted by molar-refractivity contribution is 6.35. The van der Waals surface area contributed by atoms with Gasteiger partial charge in [-0.05, 0) is 48.5 Å². The molecule has 158 valence electrons. The Labute approximate surface area is 189 Å². The lowest BCUT2D eigenvalue weighted by atomic mass is 10.1. The summed E-state index contributed by atoms with van der Waals surface area (Å²) >= 11 is 12.1. The summed E-state index contributed by atoms with van der Waals surface area (Å²) in [7, 11) is 3.14. The van der Waals surface area contributed by atoms with Crippen LogP contribution in [-0.4, -0.2) is 20.0 Å². The molecule has 0 amide bonds. The van der Waals surface area contributed by atoms with Gasteiger partial charge in [-0.25, -0.2) is 0 Å². The minimum absolute atomic E-state index is 0.194. The number of fused-ring (bicyclic) bond motifs is 1. The second-order valence-corrected chi connectivity index (χ2v) is 7.57. The van der Waals surface area contributed by atoms with Gasteiger partial charge in [0.05, 0.1) is 19.8 Å². The van der Waals surface area contributed by atoms with Gasteiger partial charge in [-0.15, -0.1) is 0 Å². The molecular weight excluding hydrogens is 439 g/mol. The monoisotopic (exact) mass is 456 g/mol. The molecule has 0 aliphatic carbocycles. The normalized spacial score (nSPS) is 13.7. The van der Waals surface area contributed by atoms with Gasteiger partial charge in [0.15, 0.2) is 5.76 Å². The number of benzene rings is 3. The van der Waals surface area contributed by atoms with Crippen molar-refractivity contribution in [3.8, 4) is 23.0 Å². The summed E-state index contributed by atoms with van der Waals surface area (Å²) in [6.45, 7) is 0.256. The molecule has 1 aliphatic rings.